The van der Waals surface area contributed by atoms with E-state index in [4.69, 9.17) is 5.11 Å². The summed E-state index contributed by atoms with van der Waals surface area (Å²) in [6, 6.07) is 0. The molecule has 0 aliphatic heterocycles. The van der Waals surface area contributed by atoms with E-state index in [1.165, 1.54) is 0 Å². The second-order valence-corrected chi connectivity index (χ2v) is 2.78. The van der Waals surface area contributed by atoms with Gasteiger partial charge in [-0.1, -0.05) is 0 Å². The number of imidazole rings is 1. The minimum atomic E-state index is -0.0157. The zero-order valence-electron chi connectivity index (χ0n) is 5.40. The maximum Gasteiger partial charge on any atom is 0.245 e. The first-order valence-electron chi connectivity index (χ1n) is 2.95. The lowest BCUT2D eigenvalue weighted by atomic mass is 10.7. The van der Waals surface area contributed by atoms with E-state index in [1.54, 1.807) is 23.0 Å². The van der Waals surface area contributed by atoms with Crippen molar-refractivity contribution in [3.63, 3.8) is 0 Å². The van der Waals surface area contributed by atoms with Gasteiger partial charge in [0.15, 0.2) is 10.3 Å². The van der Waals surface area contributed by atoms with Crippen molar-refractivity contribution in [2.75, 3.05) is 0 Å². The molecule has 2 rings (SSSR count). The Balaban J connectivity index is 2.92. The highest BCUT2D eigenvalue weighted by Crippen LogP contribution is 2.22. The van der Waals surface area contributed by atoms with Gasteiger partial charge in [0.25, 0.3) is 0 Å². The van der Waals surface area contributed by atoms with Crippen molar-refractivity contribution in [2.24, 2.45) is 0 Å². The van der Waals surface area contributed by atoms with Gasteiger partial charge < -0.3 is 5.11 Å². The minimum absolute atomic E-state index is 0.0157. The molecule has 5 heteroatoms. The maximum atomic E-state index is 9.14. The van der Waals surface area contributed by atoms with Crippen LogP contribution in [0.2, 0.25) is 0 Å². The Bertz CT molecular complexity index is 398. The Morgan fingerprint density at radius 3 is 3.09 bits per heavy atom. The molecular formula is C6H4BrN3O. The van der Waals surface area contributed by atoms with E-state index < -0.39 is 0 Å². The highest BCUT2D eigenvalue weighted by atomic mass is 79.9. The Morgan fingerprint density at radius 2 is 2.36 bits per heavy atom. The first-order chi connectivity index (χ1) is 5.29. The lowest BCUT2D eigenvalue weighted by Gasteiger charge is -1.89. The lowest BCUT2D eigenvalue weighted by Crippen LogP contribution is -1.83. The number of rotatable bonds is 0. The number of nitrogens with zero attached hydrogens (tertiary/aromatic N) is 3. The molecule has 2 aromatic heterocycles. The predicted octanol–water partition coefficient (Wildman–Crippen LogP) is 1.20. The third kappa shape index (κ3) is 0.883. The molecule has 0 fully saturated rings. The molecule has 0 bridgehead atoms. The molecule has 0 radical (unpaired) electrons. The van der Waals surface area contributed by atoms with Crippen molar-refractivity contribution in [2.45, 2.75) is 0 Å². The normalized spacial score (nSPS) is 10.6. The molecule has 0 amide bonds. The van der Waals surface area contributed by atoms with Gasteiger partial charge in [-0.2, -0.15) is 4.98 Å². The van der Waals surface area contributed by atoms with Crippen LogP contribution in [-0.2, 0) is 0 Å². The zero-order chi connectivity index (χ0) is 7.84. The quantitative estimate of drug-likeness (QED) is 0.716. The summed E-state index contributed by atoms with van der Waals surface area (Å²) in [5.41, 5.74) is 0.622. The van der Waals surface area contributed by atoms with Gasteiger partial charge in [-0.25, -0.2) is 0 Å². The van der Waals surface area contributed by atoms with Gasteiger partial charge in [-0.3, -0.25) is 9.38 Å². The fourth-order valence-electron chi connectivity index (χ4n) is 0.865. The van der Waals surface area contributed by atoms with E-state index in [9.17, 15) is 0 Å². The van der Waals surface area contributed by atoms with Gasteiger partial charge in [0, 0.05) is 12.4 Å². The van der Waals surface area contributed by atoms with Crippen LogP contribution in [0.4, 0.5) is 0 Å². The van der Waals surface area contributed by atoms with Crippen molar-refractivity contribution in [1.29, 1.82) is 0 Å². The van der Waals surface area contributed by atoms with Crippen molar-refractivity contribution in [3.8, 4) is 5.88 Å². The van der Waals surface area contributed by atoms with Crippen LogP contribution in [0.5, 0.6) is 5.88 Å². The topological polar surface area (TPSA) is 50.4 Å². The highest BCUT2D eigenvalue weighted by Gasteiger charge is 2.05. The molecule has 1 N–H and O–H groups in total. The summed E-state index contributed by atoms with van der Waals surface area (Å²) in [7, 11) is 0. The molecule has 0 aliphatic rings. The van der Waals surface area contributed by atoms with Crippen LogP contribution in [0.15, 0.2) is 23.2 Å². The summed E-state index contributed by atoms with van der Waals surface area (Å²) in [5.74, 6) is -0.0157. The third-order valence-electron chi connectivity index (χ3n) is 1.36. The lowest BCUT2D eigenvalue weighted by molar-refractivity contribution is 0.453. The van der Waals surface area contributed by atoms with Crippen LogP contribution in [-0.4, -0.2) is 19.5 Å². The summed E-state index contributed by atoms with van der Waals surface area (Å²) < 4.78 is 2.25. The molecule has 0 aromatic carbocycles. The van der Waals surface area contributed by atoms with Crippen LogP contribution in [0.25, 0.3) is 5.65 Å². The molecule has 2 aromatic rings. The van der Waals surface area contributed by atoms with Crippen molar-refractivity contribution in [1.82, 2.24) is 14.4 Å². The molecule has 56 valence electrons. The molecule has 0 saturated heterocycles. The molecule has 0 saturated carbocycles. The first kappa shape index (κ1) is 6.60. The first-order valence-corrected chi connectivity index (χ1v) is 3.75. The van der Waals surface area contributed by atoms with Crippen molar-refractivity contribution >= 4 is 21.6 Å². The average Bonchev–Trinajstić information content (AvgIpc) is 2.30. The number of halogens is 1. The minimum Gasteiger partial charge on any atom is -0.491 e. The van der Waals surface area contributed by atoms with Crippen LogP contribution in [0.1, 0.15) is 0 Å². The van der Waals surface area contributed by atoms with Gasteiger partial charge in [0.2, 0.25) is 5.88 Å². The van der Waals surface area contributed by atoms with E-state index in [0.29, 0.717) is 10.3 Å². The fourth-order valence-corrected chi connectivity index (χ4v) is 1.25. The number of hydrogen-bond donors (Lipinski definition) is 1. The molecule has 11 heavy (non-hydrogen) atoms. The zero-order valence-corrected chi connectivity index (χ0v) is 6.98. The van der Waals surface area contributed by atoms with E-state index in [0.717, 1.165) is 0 Å². The van der Waals surface area contributed by atoms with Gasteiger partial charge in [0.05, 0.1) is 6.20 Å². The molecule has 0 atom stereocenters. The Morgan fingerprint density at radius 1 is 1.55 bits per heavy atom. The molecule has 0 unspecified atom stereocenters. The largest absolute Gasteiger partial charge is 0.491 e. The van der Waals surface area contributed by atoms with Gasteiger partial charge in [0.1, 0.15) is 0 Å². The van der Waals surface area contributed by atoms with Gasteiger partial charge in [-0.05, 0) is 15.9 Å². The number of aromatic hydroxyl groups is 1. The van der Waals surface area contributed by atoms with E-state index in [1.807, 2.05) is 0 Å². The molecule has 2 heterocycles. The summed E-state index contributed by atoms with van der Waals surface area (Å²) in [6.45, 7) is 0. The third-order valence-corrected chi connectivity index (χ3v) is 2.09. The van der Waals surface area contributed by atoms with Crippen LogP contribution in [0.3, 0.4) is 0 Å². The monoisotopic (exact) mass is 213 g/mol. The summed E-state index contributed by atoms with van der Waals surface area (Å²) in [6.07, 6.45) is 4.91. The fraction of sp³-hybridized carbons (Fsp3) is 0. The SMILES string of the molecule is Oc1nc2cnccn2c1Br. The standard InChI is InChI=1S/C6H4BrN3O/c7-5-6(11)9-4-3-8-1-2-10(4)5/h1-3,11H. The second kappa shape index (κ2) is 2.20. The summed E-state index contributed by atoms with van der Waals surface area (Å²) in [4.78, 5) is 7.67. The van der Waals surface area contributed by atoms with Crippen LogP contribution >= 0.6 is 15.9 Å². The maximum absolute atomic E-state index is 9.14. The smallest absolute Gasteiger partial charge is 0.245 e. The van der Waals surface area contributed by atoms with Crippen molar-refractivity contribution < 1.29 is 5.11 Å². The Hall–Kier alpha value is -1.10. The summed E-state index contributed by atoms with van der Waals surface area (Å²) >= 11 is 3.17. The van der Waals surface area contributed by atoms with E-state index in [2.05, 4.69) is 25.9 Å². The number of fused-ring (bicyclic) bond motifs is 1. The number of aromatic nitrogens is 3. The Kier molecular flexibility index (Phi) is 1.32. The second-order valence-electron chi connectivity index (χ2n) is 2.03. The predicted molar refractivity (Wildman–Crippen MR) is 42.4 cm³/mol. The average molecular weight is 214 g/mol. The van der Waals surface area contributed by atoms with Gasteiger partial charge >= 0.3 is 0 Å². The molecule has 0 aliphatic carbocycles. The van der Waals surface area contributed by atoms with Crippen LogP contribution < -0.4 is 0 Å². The van der Waals surface area contributed by atoms with Crippen molar-refractivity contribution in [3.05, 3.63) is 23.2 Å². The van der Waals surface area contributed by atoms with E-state index >= 15 is 0 Å². The van der Waals surface area contributed by atoms with E-state index in [-0.39, 0.29) is 5.88 Å². The Labute approximate surface area is 70.7 Å². The number of hydrogen-bond acceptors (Lipinski definition) is 3. The van der Waals surface area contributed by atoms with Crippen LogP contribution in [0, 0.1) is 0 Å². The molecule has 4 nitrogen and oxygen atoms in total. The summed E-state index contributed by atoms with van der Waals surface area (Å²) in [5, 5.41) is 9.14. The highest BCUT2D eigenvalue weighted by molar-refractivity contribution is 9.10. The molecular weight excluding hydrogens is 210 g/mol. The van der Waals surface area contributed by atoms with Gasteiger partial charge in [-0.15, -0.1) is 0 Å². The molecule has 0 spiro atoms.